The molecule has 0 amide bonds. The minimum atomic E-state index is -3.07. The average Bonchev–Trinajstić information content (AvgIpc) is 2.75. The molecule has 0 heterocycles. The van der Waals surface area contributed by atoms with Gasteiger partial charge in [-0.05, 0) is 71.0 Å². The van der Waals surface area contributed by atoms with Crippen molar-refractivity contribution in [3.8, 4) is 5.75 Å². The zero-order chi connectivity index (χ0) is 22.0. The first kappa shape index (κ1) is 24.0. The Balaban J connectivity index is 2.24. The molecule has 0 aliphatic carbocycles. The maximum Gasteiger partial charge on any atom is 0.537 e. The van der Waals surface area contributed by atoms with Crippen LogP contribution in [0.5, 0.6) is 5.75 Å². The Kier molecular flexibility index (Phi) is 9.45. The number of anilines is 1. The van der Waals surface area contributed by atoms with Crippen LogP contribution in [0.4, 0.5) is 17.1 Å². The lowest BCUT2D eigenvalue weighted by molar-refractivity contribution is 0.0858. The highest BCUT2D eigenvalue weighted by molar-refractivity contribution is 6.75. The highest BCUT2D eigenvalue weighted by Crippen LogP contribution is 2.29. The molecule has 2 aromatic carbocycles. The lowest BCUT2D eigenvalue weighted by atomic mass is 10.2. The molecule has 1 N–H and O–H groups in total. The summed E-state index contributed by atoms with van der Waals surface area (Å²) in [6, 6.07) is 13.0. The van der Waals surface area contributed by atoms with Crippen LogP contribution >= 0.6 is 0 Å². The summed E-state index contributed by atoms with van der Waals surface area (Å²) in [7, 11) is -3.07. The first-order valence-corrected chi connectivity index (χ1v) is 12.3. The van der Waals surface area contributed by atoms with E-state index < -0.39 is 8.80 Å². The second kappa shape index (κ2) is 11.8. The van der Waals surface area contributed by atoms with Crippen LogP contribution in [0, 0.1) is 0 Å². The van der Waals surface area contributed by atoms with Gasteiger partial charge in [0, 0.05) is 43.8 Å². The third kappa shape index (κ3) is 5.88. The quantitative estimate of drug-likeness (QED) is 0.382. The van der Waals surface area contributed by atoms with Gasteiger partial charge in [0.2, 0.25) is 0 Å². The van der Waals surface area contributed by atoms with E-state index in [1.807, 2.05) is 51.1 Å². The number of nitrogens with zero attached hydrogens (tertiary/aromatic N) is 3. The summed E-state index contributed by atoms with van der Waals surface area (Å²) in [5, 5.41) is 19.7. The number of hydrogen-bond acceptors (Lipinski definition) is 7. The summed E-state index contributed by atoms with van der Waals surface area (Å²) in [6.07, 6.45) is 0. The Hall–Kier alpha value is -2.26. The first-order valence-electron chi connectivity index (χ1n) is 10.6. The van der Waals surface area contributed by atoms with Gasteiger partial charge in [0.15, 0.2) is 0 Å². The molecule has 2 aromatic rings. The molecule has 0 spiro atoms. The van der Waals surface area contributed by atoms with Gasteiger partial charge in [-0.25, -0.2) is 0 Å². The smallest absolute Gasteiger partial charge is 0.506 e. The molecule has 0 unspecified atom stereocenters. The van der Waals surface area contributed by atoms with Crippen molar-refractivity contribution in [1.82, 2.24) is 0 Å². The van der Waals surface area contributed by atoms with Crippen LogP contribution in [-0.4, -0.2) is 46.8 Å². The van der Waals surface area contributed by atoms with Gasteiger partial charge < -0.3 is 23.3 Å². The molecular weight excluding hydrogens is 398 g/mol. The summed E-state index contributed by atoms with van der Waals surface area (Å²) in [5.41, 5.74) is 2.24. The summed E-state index contributed by atoms with van der Waals surface area (Å²) < 4.78 is 17.7. The van der Waals surface area contributed by atoms with Gasteiger partial charge >= 0.3 is 8.80 Å². The van der Waals surface area contributed by atoms with Crippen LogP contribution in [0.25, 0.3) is 0 Å². The van der Waals surface area contributed by atoms with Crippen LogP contribution in [0.1, 0.15) is 34.6 Å². The number of azo groups is 1. The molecule has 2 rings (SSSR count). The van der Waals surface area contributed by atoms with Gasteiger partial charge in [-0.3, -0.25) is 0 Å². The Morgan fingerprint density at radius 2 is 1.37 bits per heavy atom. The predicted molar refractivity (Wildman–Crippen MR) is 123 cm³/mol. The third-order valence-electron chi connectivity index (χ3n) is 4.58. The topological polar surface area (TPSA) is 75.9 Å². The van der Waals surface area contributed by atoms with Crippen molar-refractivity contribution in [3.63, 3.8) is 0 Å². The minimum absolute atomic E-state index is 0.00648. The summed E-state index contributed by atoms with van der Waals surface area (Å²) in [4.78, 5) is 2.26. The van der Waals surface area contributed by atoms with Crippen LogP contribution in [0.2, 0.25) is 0 Å². The first-order chi connectivity index (χ1) is 14.5. The van der Waals surface area contributed by atoms with Crippen molar-refractivity contribution < 1.29 is 18.4 Å². The van der Waals surface area contributed by atoms with Gasteiger partial charge in [0.05, 0.1) is 5.69 Å². The van der Waals surface area contributed by atoms with Crippen LogP contribution < -0.4 is 10.1 Å². The lowest BCUT2D eigenvalue weighted by Gasteiger charge is -2.28. The van der Waals surface area contributed by atoms with E-state index in [0.717, 1.165) is 24.5 Å². The molecule has 0 saturated carbocycles. The minimum Gasteiger partial charge on any atom is -0.506 e. The second-order valence-electron chi connectivity index (χ2n) is 6.45. The van der Waals surface area contributed by atoms with E-state index in [0.29, 0.717) is 30.7 Å². The van der Waals surface area contributed by atoms with E-state index in [-0.39, 0.29) is 5.75 Å². The van der Waals surface area contributed by atoms with Crippen molar-refractivity contribution in [2.24, 2.45) is 10.2 Å². The van der Waals surface area contributed by atoms with E-state index in [1.54, 1.807) is 12.1 Å². The van der Waals surface area contributed by atoms with E-state index in [1.165, 1.54) is 0 Å². The third-order valence-corrected chi connectivity index (χ3v) is 7.61. The molecule has 0 aliphatic heterocycles. The zero-order valence-electron chi connectivity index (χ0n) is 18.6. The molecule has 0 atom stereocenters. The molecule has 164 valence electrons. The fourth-order valence-corrected chi connectivity index (χ4v) is 5.67. The molecule has 0 aliphatic rings. The van der Waals surface area contributed by atoms with Gasteiger partial charge in [0.25, 0.3) is 0 Å². The number of aromatic hydroxyl groups is 1. The molecule has 0 bridgehead atoms. The number of benzene rings is 2. The number of phenolic OH excluding ortho intramolecular Hbond substituents is 1. The van der Waals surface area contributed by atoms with E-state index in [9.17, 15) is 5.11 Å². The SMILES string of the molecule is CCO[Si](OCC)(OCC)c1ccc(/N=N/c2ccc(N(CC)CC)cc2)c(O)c1. The number of hydrogen-bond donors (Lipinski definition) is 1. The summed E-state index contributed by atoms with van der Waals surface area (Å²) >= 11 is 0. The average molecular weight is 432 g/mol. The monoisotopic (exact) mass is 431 g/mol. The maximum absolute atomic E-state index is 10.5. The summed E-state index contributed by atoms with van der Waals surface area (Å²) in [5.74, 6) is 0.00648. The van der Waals surface area contributed by atoms with Crippen LogP contribution in [-0.2, 0) is 13.3 Å². The zero-order valence-corrected chi connectivity index (χ0v) is 19.6. The van der Waals surface area contributed by atoms with Crippen molar-refractivity contribution in [2.75, 3.05) is 37.8 Å². The van der Waals surface area contributed by atoms with Crippen LogP contribution in [0.15, 0.2) is 52.7 Å². The Morgan fingerprint density at radius 3 is 1.83 bits per heavy atom. The Labute approximate surface area is 180 Å². The second-order valence-corrected chi connectivity index (χ2v) is 9.00. The van der Waals surface area contributed by atoms with Crippen molar-refractivity contribution in [1.29, 1.82) is 0 Å². The van der Waals surface area contributed by atoms with Crippen molar-refractivity contribution >= 4 is 31.1 Å². The van der Waals surface area contributed by atoms with Crippen molar-refractivity contribution in [2.45, 2.75) is 34.6 Å². The molecule has 0 saturated heterocycles. The van der Waals surface area contributed by atoms with E-state index >= 15 is 0 Å². The predicted octanol–water partition coefficient (Wildman–Crippen LogP) is 4.91. The molecule has 7 nitrogen and oxygen atoms in total. The number of rotatable bonds is 12. The van der Waals surface area contributed by atoms with Crippen LogP contribution in [0.3, 0.4) is 0 Å². The Morgan fingerprint density at radius 1 is 0.800 bits per heavy atom. The number of phenols is 1. The Bertz CT molecular complexity index is 794. The fraction of sp³-hybridized carbons (Fsp3) is 0.455. The molecule has 0 fully saturated rings. The molecular formula is C22H33N3O4Si. The van der Waals surface area contributed by atoms with Gasteiger partial charge in [-0.15, -0.1) is 5.11 Å². The molecule has 0 radical (unpaired) electrons. The standard InChI is InChI=1S/C22H33N3O4Si/c1-6-25(7-2)19-13-11-18(12-14-19)23-24-21-16-15-20(17-22(21)26)30(27-8-3,28-9-4)29-10-5/h11-17,26H,6-10H2,1-5H3/b24-23+. The van der Waals surface area contributed by atoms with Gasteiger partial charge in [0.1, 0.15) is 11.4 Å². The molecule has 30 heavy (non-hydrogen) atoms. The largest absolute Gasteiger partial charge is 0.537 e. The highest BCUT2D eigenvalue weighted by Gasteiger charge is 2.43. The molecule has 0 aromatic heterocycles. The highest BCUT2D eigenvalue weighted by atomic mass is 28.4. The lowest BCUT2D eigenvalue weighted by Crippen LogP contribution is -2.56. The normalized spacial score (nSPS) is 11.9. The molecule has 8 heteroatoms. The maximum atomic E-state index is 10.5. The fourth-order valence-electron chi connectivity index (χ4n) is 3.17. The van der Waals surface area contributed by atoms with E-state index in [4.69, 9.17) is 13.3 Å². The van der Waals surface area contributed by atoms with Gasteiger partial charge in [-0.1, -0.05) is 6.07 Å². The van der Waals surface area contributed by atoms with Gasteiger partial charge in [-0.2, -0.15) is 5.11 Å². The van der Waals surface area contributed by atoms with E-state index in [2.05, 4.69) is 29.0 Å². The summed E-state index contributed by atoms with van der Waals surface area (Å²) in [6.45, 7) is 13.2. The van der Waals surface area contributed by atoms with Crippen molar-refractivity contribution in [3.05, 3.63) is 42.5 Å².